The van der Waals surface area contributed by atoms with Crippen LogP contribution in [0.25, 0.3) is 0 Å². The minimum atomic E-state index is -0.490. The number of halogens is 3. The molecule has 0 fully saturated rings. The summed E-state index contributed by atoms with van der Waals surface area (Å²) in [7, 11) is 0. The summed E-state index contributed by atoms with van der Waals surface area (Å²) in [6, 6.07) is 14.1. The van der Waals surface area contributed by atoms with Gasteiger partial charge in [0.05, 0.1) is 26.0 Å². The molecule has 0 aliphatic carbocycles. The van der Waals surface area contributed by atoms with E-state index in [1.807, 2.05) is 6.07 Å². The van der Waals surface area contributed by atoms with E-state index in [0.29, 0.717) is 38.4 Å². The number of carbonyl (C=O) groups is 1. The zero-order valence-electron chi connectivity index (χ0n) is 17.2. The van der Waals surface area contributed by atoms with Crippen LogP contribution in [0.4, 0.5) is 11.5 Å². The van der Waals surface area contributed by atoms with Crippen LogP contribution in [0.1, 0.15) is 21.9 Å². The molecule has 174 valence electrons. The zero-order chi connectivity index (χ0) is 24.2. The number of benzene rings is 2. The van der Waals surface area contributed by atoms with Crippen molar-refractivity contribution in [2.45, 2.75) is 13.2 Å². The maximum Gasteiger partial charge on any atom is 0.292 e. The molecule has 0 spiro atoms. The highest BCUT2D eigenvalue weighted by atomic mass is 79.9. The van der Waals surface area contributed by atoms with Crippen LogP contribution in [0.15, 0.2) is 69.7 Å². The van der Waals surface area contributed by atoms with Gasteiger partial charge in [-0.1, -0.05) is 29.3 Å². The van der Waals surface area contributed by atoms with Gasteiger partial charge in [0.15, 0.2) is 11.6 Å². The van der Waals surface area contributed by atoms with Crippen molar-refractivity contribution in [2.75, 3.05) is 5.32 Å². The van der Waals surface area contributed by atoms with Gasteiger partial charge in [-0.25, -0.2) is 0 Å². The molecular weight excluding hydrogens is 551 g/mol. The Morgan fingerprint density at radius 1 is 1.15 bits per heavy atom. The second-order valence-electron chi connectivity index (χ2n) is 7.03. The Bertz CT molecular complexity index is 1350. The SMILES string of the molecule is O=C(Nc1nn(Cc2ccc(Cl)c(Cl)c2)cc1Br)c1ccc(COc2ccc([N+](=O)[O-])cc2)o1. The molecule has 0 atom stereocenters. The van der Waals surface area contributed by atoms with Crippen molar-refractivity contribution in [1.82, 2.24) is 9.78 Å². The molecule has 0 aliphatic rings. The quantitative estimate of drug-likeness (QED) is 0.197. The third-order valence-electron chi connectivity index (χ3n) is 4.59. The smallest absolute Gasteiger partial charge is 0.292 e. The van der Waals surface area contributed by atoms with Gasteiger partial charge in [0, 0.05) is 18.3 Å². The van der Waals surface area contributed by atoms with E-state index in [9.17, 15) is 14.9 Å². The summed E-state index contributed by atoms with van der Waals surface area (Å²) < 4.78 is 13.3. The van der Waals surface area contributed by atoms with Gasteiger partial charge >= 0.3 is 0 Å². The number of nitro benzene ring substituents is 1. The Morgan fingerprint density at radius 2 is 1.91 bits per heavy atom. The van der Waals surface area contributed by atoms with Crippen LogP contribution >= 0.6 is 39.1 Å². The van der Waals surface area contributed by atoms with Gasteiger partial charge < -0.3 is 14.5 Å². The number of hydrogen-bond donors (Lipinski definition) is 1. The third kappa shape index (κ3) is 5.77. The summed E-state index contributed by atoms with van der Waals surface area (Å²) in [4.78, 5) is 22.8. The standard InChI is InChI=1S/C22H15BrCl2N4O5/c23-17-11-28(10-13-1-7-18(24)19(25)9-13)27-21(17)26-22(30)20-8-6-16(34-20)12-33-15-4-2-14(3-5-15)29(31)32/h1-9,11H,10,12H2,(H,26,27,30). The molecule has 1 amide bonds. The number of aromatic nitrogens is 2. The summed E-state index contributed by atoms with van der Waals surface area (Å²) in [5.41, 5.74) is 0.862. The Hall–Kier alpha value is -3.34. The Labute approximate surface area is 211 Å². The van der Waals surface area contributed by atoms with Crippen LogP contribution < -0.4 is 10.1 Å². The topological polar surface area (TPSA) is 112 Å². The normalized spacial score (nSPS) is 10.8. The molecule has 0 aliphatic heterocycles. The van der Waals surface area contributed by atoms with E-state index in [0.717, 1.165) is 5.56 Å². The lowest BCUT2D eigenvalue weighted by Gasteiger charge is -2.04. The Kier molecular flexibility index (Phi) is 7.20. The molecule has 12 heteroatoms. The maximum atomic E-state index is 12.6. The van der Waals surface area contributed by atoms with E-state index >= 15 is 0 Å². The van der Waals surface area contributed by atoms with Crippen molar-refractivity contribution in [3.63, 3.8) is 0 Å². The fourth-order valence-corrected chi connectivity index (χ4v) is 3.69. The van der Waals surface area contributed by atoms with E-state index in [-0.39, 0.29) is 18.1 Å². The lowest BCUT2D eigenvalue weighted by molar-refractivity contribution is -0.384. The number of carbonyl (C=O) groups excluding carboxylic acids is 1. The predicted octanol–water partition coefficient (Wildman–Crippen LogP) is 6.33. The monoisotopic (exact) mass is 564 g/mol. The van der Waals surface area contributed by atoms with Crippen LogP contribution in [0.2, 0.25) is 10.0 Å². The average molecular weight is 566 g/mol. The molecule has 2 aromatic carbocycles. The highest BCUT2D eigenvalue weighted by Gasteiger charge is 2.16. The number of nitro groups is 1. The number of amides is 1. The van der Waals surface area contributed by atoms with Gasteiger partial charge in [-0.15, -0.1) is 0 Å². The maximum absolute atomic E-state index is 12.6. The number of anilines is 1. The number of nitrogens with zero attached hydrogens (tertiary/aromatic N) is 3. The molecule has 9 nitrogen and oxygen atoms in total. The first-order valence-corrected chi connectivity index (χ1v) is 11.3. The van der Waals surface area contributed by atoms with Crippen molar-refractivity contribution in [1.29, 1.82) is 0 Å². The van der Waals surface area contributed by atoms with Gasteiger partial charge in [-0.2, -0.15) is 5.10 Å². The second kappa shape index (κ2) is 10.3. The number of ether oxygens (including phenoxy) is 1. The zero-order valence-corrected chi connectivity index (χ0v) is 20.3. The van der Waals surface area contributed by atoms with Crippen LogP contribution in [0, 0.1) is 10.1 Å². The highest BCUT2D eigenvalue weighted by Crippen LogP contribution is 2.25. The molecule has 0 unspecified atom stereocenters. The lowest BCUT2D eigenvalue weighted by Crippen LogP contribution is -2.12. The lowest BCUT2D eigenvalue weighted by atomic mass is 10.2. The first-order valence-electron chi connectivity index (χ1n) is 9.72. The molecule has 2 aromatic heterocycles. The molecule has 0 bridgehead atoms. The Balaban J connectivity index is 1.36. The number of nitrogens with one attached hydrogen (secondary N) is 1. The minimum Gasteiger partial charge on any atom is -0.486 e. The largest absolute Gasteiger partial charge is 0.486 e. The number of furan rings is 1. The van der Waals surface area contributed by atoms with E-state index in [1.54, 1.807) is 29.1 Å². The van der Waals surface area contributed by atoms with Crippen molar-refractivity contribution >= 4 is 56.5 Å². The van der Waals surface area contributed by atoms with Gasteiger partial charge in [-0.3, -0.25) is 19.6 Å². The summed E-state index contributed by atoms with van der Waals surface area (Å²) in [6.45, 7) is 0.476. The molecule has 1 N–H and O–H groups in total. The molecule has 2 heterocycles. The second-order valence-corrected chi connectivity index (χ2v) is 8.70. The highest BCUT2D eigenvalue weighted by molar-refractivity contribution is 9.10. The summed E-state index contributed by atoms with van der Waals surface area (Å²) >= 11 is 15.4. The predicted molar refractivity (Wildman–Crippen MR) is 130 cm³/mol. The molecule has 34 heavy (non-hydrogen) atoms. The Morgan fingerprint density at radius 3 is 2.62 bits per heavy atom. The van der Waals surface area contributed by atoms with Gasteiger partial charge in [-0.05, 0) is 57.9 Å². The molecular formula is C22H15BrCl2N4O5. The van der Waals surface area contributed by atoms with Gasteiger partial charge in [0.1, 0.15) is 18.1 Å². The minimum absolute atomic E-state index is 0.0325. The molecule has 4 rings (SSSR count). The molecule has 4 aromatic rings. The first kappa shape index (κ1) is 23.8. The van der Waals surface area contributed by atoms with Crippen LogP contribution in [-0.2, 0) is 13.2 Å². The number of rotatable bonds is 8. The van der Waals surface area contributed by atoms with Gasteiger partial charge in [0.2, 0.25) is 0 Å². The molecule has 0 saturated heterocycles. The molecule has 0 radical (unpaired) electrons. The summed E-state index contributed by atoms with van der Waals surface area (Å²) in [6.07, 6.45) is 1.73. The van der Waals surface area contributed by atoms with Crippen LogP contribution in [-0.4, -0.2) is 20.6 Å². The van der Waals surface area contributed by atoms with Crippen molar-refractivity contribution in [2.24, 2.45) is 0 Å². The van der Waals surface area contributed by atoms with E-state index in [1.165, 1.54) is 30.3 Å². The van der Waals surface area contributed by atoms with Crippen molar-refractivity contribution in [3.8, 4) is 5.75 Å². The van der Waals surface area contributed by atoms with Crippen molar-refractivity contribution in [3.05, 3.63) is 103 Å². The fraction of sp³-hybridized carbons (Fsp3) is 0.0909. The summed E-state index contributed by atoms with van der Waals surface area (Å²) in [5, 5.41) is 18.7. The fourth-order valence-electron chi connectivity index (χ4n) is 2.95. The first-order chi connectivity index (χ1) is 16.3. The van der Waals surface area contributed by atoms with Gasteiger partial charge in [0.25, 0.3) is 11.6 Å². The third-order valence-corrected chi connectivity index (χ3v) is 5.91. The van der Waals surface area contributed by atoms with Crippen LogP contribution in [0.5, 0.6) is 5.75 Å². The molecule has 0 saturated carbocycles. The number of non-ortho nitro benzene ring substituents is 1. The van der Waals surface area contributed by atoms with E-state index in [4.69, 9.17) is 32.4 Å². The summed E-state index contributed by atoms with van der Waals surface area (Å²) in [5.74, 6) is 0.762. The van der Waals surface area contributed by atoms with Crippen LogP contribution in [0.3, 0.4) is 0 Å². The average Bonchev–Trinajstić information content (AvgIpc) is 3.42. The van der Waals surface area contributed by atoms with Crippen molar-refractivity contribution < 1.29 is 18.9 Å². The van der Waals surface area contributed by atoms with E-state index < -0.39 is 10.8 Å². The van der Waals surface area contributed by atoms with E-state index in [2.05, 4.69) is 26.3 Å². The number of hydrogen-bond acceptors (Lipinski definition) is 6.